The van der Waals surface area contributed by atoms with Crippen molar-refractivity contribution in [2.45, 2.75) is 6.92 Å². The van der Waals surface area contributed by atoms with Crippen LogP contribution in [0, 0.1) is 5.82 Å². The van der Waals surface area contributed by atoms with Crippen LogP contribution < -0.4 is 11.5 Å². The molecule has 21 heavy (non-hydrogen) atoms. The van der Waals surface area contributed by atoms with Crippen molar-refractivity contribution in [3.05, 3.63) is 41.5 Å². The zero-order chi connectivity index (χ0) is 15.6. The summed E-state index contributed by atoms with van der Waals surface area (Å²) in [7, 11) is 0. The summed E-state index contributed by atoms with van der Waals surface area (Å²) in [5.41, 5.74) is 10.5. The number of ether oxygens (including phenoxy) is 1. The average Bonchev–Trinajstić information content (AvgIpc) is 2.80. The molecule has 0 aliphatic heterocycles. The number of primary amides is 1. The maximum absolute atomic E-state index is 13.7. The highest BCUT2D eigenvalue weighted by atomic mass is 19.1. The Hall–Kier alpha value is -2.90. The number of hydrogen-bond acceptors (Lipinski definition) is 5. The van der Waals surface area contributed by atoms with Crippen LogP contribution in [0.4, 0.5) is 10.1 Å². The van der Waals surface area contributed by atoms with Gasteiger partial charge in [0, 0.05) is 0 Å². The van der Waals surface area contributed by atoms with Crippen LogP contribution in [0.1, 0.15) is 27.8 Å². The Morgan fingerprint density at radius 3 is 2.76 bits per heavy atom. The Balaban J connectivity index is 2.54. The number of amides is 1. The van der Waals surface area contributed by atoms with Crippen molar-refractivity contribution in [1.82, 2.24) is 9.78 Å². The van der Waals surface area contributed by atoms with Crippen molar-refractivity contribution in [3.8, 4) is 5.69 Å². The first-order chi connectivity index (χ1) is 9.95. The SMILES string of the molecule is CCOC(=O)c1nn(-c2cccc(F)c2C(N)=O)cc1N. The van der Waals surface area contributed by atoms with Crippen molar-refractivity contribution < 1.29 is 18.7 Å². The van der Waals surface area contributed by atoms with E-state index in [2.05, 4.69) is 5.10 Å². The normalized spacial score (nSPS) is 10.4. The van der Waals surface area contributed by atoms with Gasteiger partial charge in [-0.05, 0) is 19.1 Å². The van der Waals surface area contributed by atoms with E-state index in [1.165, 1.54) is 18.3 Å². The van der Waals surface area contributed by atoms with Crippen LogP contribution in [0.3, 0.4) is 0 Å². The Kier molecular flexibility index (Phi) is 3.88. The molecule has 0 saturated heterocycles. The molecule has 0 aliphatic carbocycles. The van der Waals surface area contributed by atoms with Crippen LogP contribution in [-0.2, 0) is 4.74 Å². The van der Waals surface area contributed by atoms with Gasteiger partial charge in [-0.2, -0.15) is 5.10 Å². The van der Waals surface area contributed by atoms with Gasteiger partial charge < -0.3 is 16.2 Å². The van der Waals surface area contributed by atoms with Crippen molar-refractivity contribution in [1.29, 1.82) is 0 Å². The third-order valence-electron chi connectivity index (χ3n) is 2.70. The molecule has 1 heterocycles. The van der Waals surface area contributed by atoms with Crippen LogP contribution in [0.2, 0.25) is 0 Å². The molecule has 110 valence electrons. The van der Waals surface area contributed by atoms with E-state index < -0.39 is 17.7 Å². The van der Waals surface area contributed by atoms with E-state index in [-0.39, 0.29) is 29.2 Å². The van der Waals surface area contributed by atoms with Gasteiger partial charge in [-0.3, -0.25) is 4.79 Å². The molecule has 2 rings (SSSR count). The number of benzene rings is 1. The molecule has 0 fully saturated rings. The van der Waals surface area contributed by atoms with Crippen LogP contribution in [0.25, 0.3) is 5.69 Å². The number of anilines is 1. The molecular formula is C13H13FN4O3. The fourth-order valence-electron chi connectivity index (χ4n) is 1.82. The van der Waals surface area contributed by atoms with Crippen LogP contribution in [0.5, 0.6) is 0 Å². The smallest absolute Gasteiger partial charge is 0.361 e. The van der Waals surface area contributed by atoms with Crippen LogP contribution in [-0.4, -0.2) is 28.3 Å². The van der Waals surface area contributed by atoms with Gasteiger partial charge >= 0.3 is 5.97 Å². The number of halogens is 1. The molecule has 0 saturated carbocycles. The number of esters is 1. The zero-order valence-electron chi connectivity index (χ0n) is 11.2. The minimum absolute atomic E-state index is 0.0492. The molecule has 2 aromatic rings. The van der Waals surface area contributed by atoms with Crippen LogP contribution >= 0.6 is 0 Å². The standard InChI is InChI=1S/C13H13FN4O3/c1-2-21-13(20)11-8(15)6-18(17-11)9-5-3-4-7(14)10(9)12(16)19/h3-6H,2,15H2,1H3,(H2,16,19). The fourth-order valence-corrected chi connectivity index (χ4v) is 1.82. The highest BCUT2D eigenvalue weighted by Crippen LogP contribution is 2.20. The summed E-state index contributed by atoms with van der Waals surface area (Å²) < 4.78 is 19.6. The lowest BCUT2D eigenvalue weighted by molar-refractivity contribution is 0.0520. The number of carbonyl (C=O) groups excluding carboxylic acids is 2. The second-order valence-electron chi connectivity index (χ2n) is 4.10. The second kappa shape index (κ2) is 5.61. The number of nitrogen functional groups attached to an aromatic ring is 1. The average molecular weight is 292 g/mol. The van der Waals surface area contributed by atoms with E-state index in [0.717, 1.165) is 10.7 Å². The number of aromatic nitrogens is 2. The summed E-state index contributed by atoms with van der Waals surface area (Å²) in [6, 6.07) is 3.92. The molecule has 1 aromatic carbocycles. The van der Waals surface area contributed by atoms with Crippen molar-refractivity contribution >= 4 is 17.6 Å². The minimum Gasteiger partial charge on any atom is -0.461 e. The molecule has 8 heteroatoms. The van der Waals surface area contributed by atoms with Crippen molar-refractivity contribution in [2.24, 2.45) is 5.73 Å². The maximum Gasteiger partial charge on any atom is 0.361 e. The lowest BCUT2D eigenvalue weighted by Gasteiger charge is -2.07. The molecule has 0 spiro atoms. The molecule has 0 radical (unpaired) electrons. The van der Waals surface area contributed by atoms with Gasteiger partial charge in [-0.25, -0.2) is 13.9 Å². The zero-order valence-corrected chi connectivity index (χ0v) is 11.2. The summed E-state index contributed by atoms with van der Waals surface area (Å²) in [6.07, 6.45) is 1.29. The predicted octanol–water partition coefficient (Wildman–Crippen LogP) is 0.869. The Labute approximate surface area is 119 Å². The number of nitrogens with two attached hydrogens (primary N) is 2. The first kappa shape index (κ1) is 14.5. The van der Waals surface area contributed by atoms with Crippen LogP contribution in [0.15, 0.2) is 24.4 Å². The fraction of sp³-hybridized carbons (Fsp3) is 0.154. The molecule has 7 nitrogen and oxygen atoms in total. The molecule has 4 N–H and O–H groups in total. The largest absolute Gasteiger partial charge is 0.461 e. The highest BCUT2D eigenvalue weighted by molar-refractivity contribution is 5.97. The maximum atomic E-state index is 13.7. The molecular weight excluding hydrogens is 279 g/mol. The van der Waals surface area contributed by atoms with E-state index in [1.54, 1.807) is 6.92 Å². The molecule has 1 aromatic heterocycles. The van der Waals surface area contributed by atoms with Gasteiger partial charge in [0.2, 0.25) is 0 Å². The third-order valence-corrected chi connectivity index (χ3v) is 2.70. The first-order valence-corrected chi connectivity index (χ1v) is 6.06. The molecule has 0 bridgehead atoms. The lowest BCUT2D eigenvalue weighted by atomic mass is 10.1. The Bertz CT molecular complexity index is 711. The van der Waals surface area contributed by atoms with Gasteiger partial charge in [0.1, 0.15) is 11.4 Å². The minimum atomic E-state index is -0.949. The number of carbonyl (C=O) groups is 2. The van der Waals surface area contributed by atoms with Crippen molar-refractivity contribution in [3.63, 3.8) is 0 Å². The Morgan fingerprint density at radius 2 is 2.14 bits per heavy atom. The Morgan fingerprint density at radius 1 is 1.43 bits per heavy atom. The van der Waals surface area contributed by atoms with Crippen molar-refractivity contribution in [2.75, 3.05) is 12.3 Å². The van der Waals surface area contributed by atoms with E-state index >= 15 is 0 Å². The van der Waals surface area contributed by atoms with Gasteiger partial charge in [0.15, 0.2) is 5.69 Å². The highest BCUT2D eigenvalue weighted by Gasteiger charge is 2.20. The van der Waals surface area contributed by atoms with Gasteiger partial charge in [-0.15, -0.1) is 0 Å². The predicted molar refractivity (Wildman–Crippen MR) is 72.4 cm³/mol. The molecule has 0 unspecified atom stereocenters. The first-order valence-electron chi connectivity index (χ1n) is 6.06. The molecule has 0 atom stereocenters. The van der Waals surface area contributed by atoms with Gasteiger partial charge in [-0.1, -0.05) is 6.07 Å². The van der Waals surface area contributed by atoms with Gasteiger partial charge in [0.05, 0.1) is 24.2 Å². The van der Waals surface area contributed by atoms with E-state index in [0.29, 0.717) is 0 Å². The number of rotatable bonds is 4. The van der Waals surface area contributed by atoms with E-state index in [4.69, 9.17) is 16.2 Å². The quantitative estimate of drug-likeness (QED) is 0.812. The molecule has 0 aliphatic rings. The number of hydrogen-bond donors (Lipinski definition) is 2. The van der Waals surface area contributed by atoms with E-state index in [1.807, 2.05) is 0 Å². The summed E-state index contributed by atoms with van der Waals surface area (Å²) in [6.45, 7) is 1.81. The third kappa shape index (κ3) is 2.69. The topological polar surface area (TPSA) is 113 Å². The lowest BCUT2D eigenvalue weighted by Crippen LogP contribution is -2.17. The summed E-state index contributed by atoms with van der Waals surface area (Å²) >= 11 is 0. The van der Waals surface area contributed by atoms with Gasteiger partial charge in [0.25, 0.3) is 5.91 Å². The summed E-state index contributed by atoms with van der Waals surface area (Å²) in [5, 5.41) is 3.93. The second-order valence-corrected chi connectivity index (χ2v) is 4.10. The monoisotopic (exact) mass is 292 g/mol. The molecule has 1 amide bonds. The number of nitrogens with zero attached hydrogens (tertiary/aromatic N) is 2. The summed E-state index contributed by atoms with van der Waals surface area (Å²) in [5.74, 6) is -2.44. The van der Waals surface area contributed by atoms with E-state index in [9.17, 15) is 14.0 Å². The summed E-state index contributed by atoms with van der Waals surface area (Å²) in [4.78, 5) is 23.0.